The van der Waals surface area contributed by atoms with E-state index in [0.717, 1.165) is 19.6 Å². The van der Waals surface area contributed by atoms with Gasteiger partial charge in [0.2, 0.25) is 0 Å². The number of nitrogens with one attached hydrogen (secondary N) is 1. The van der Waals surface area contributed by atoms with Crippen molar-refractivity contribution in [1.29, 1.82) is 0 Å². The van der Waals surface area contributed by atoms with Crippen LogP contribution < -0.4 is 4.98 Å². The van der Waals surface area contributed by atoms with Gasteiger partial charge in [0.25, 0.3) is 8.56 Å². The Morgan fingerprint density at radius 1 is 1.00 bits per heavy atom. The van der Waals surface area contributed by atoms with Gasteiger partial charge in [-0.1, -0.05) is 40.5 Å². The lowest BCUT2D eigenvalue weighted by Gasteiger charge is -2.45. The monoisotopic (exact) mass is 245 g/mol. The molecule has 0 bridgehead atoms. The smallest absolute Gasteiger partial charge is 0.286 e. The highest BCUT2D eigenvalue weighted by Crippen LogP contribution is 2.18. The van der Waals surface area contributed by atoms with Crippen molar-refractivity contribution in [2.24, 2.45) is 0 Å². The van der Waals surface area contributed by atoms with Gasteiger partial charge in [0.15, 0.2) is 0 Å². The van der Waals surface area contributed by atoms with Gasteiger partial charge in [-0.25, -0.2) is 0 Å². The SMILES string of the molecule is CCCC[Si](NCC)(N(C)C)N(CC)CC. The van der Waals surface area contributed by atoms with Crippen LogP contribution in [0.2, 0.25) is 6.04 Å². The molecule has 0 aromatic heterocycles. The lowest BCUT2D eigenvalue weighted by atomic mass is 10.4. The fraction of sp³-hybridized carbons (Fsp3) is 1.00. The summed E-state index contributed by atoms with van der Waals surface area (Å²) < 4.78 is 5.13. The van der Waals surface area contributed by atoms with E-state index in [0.29, 0.717) is 0 Å². The molecule has 1 N–H and O–H groups in total. The maximum Gasteiger partial charge on any atom is 0.286 e. The predicted octanol–water partition coefficient (Wildman–Crippen LogP) is 2.24. The topological polar surface area (TPSA) is 18.5 Å². The molecular formula is C12H31N3Si. The van der Waals surface area contributed by atoms with Crippen LogP contribution in [0.25, 0.3) is 0 Å². The molecule has 3 nitrogen and oxygen atoms in total. The van der Waals surface area contributed by atoms with Crippen LogP contribution in [0.3, 0.4) is 0 Å². The molecule has 0 aliphatic rings. The van der Waals surface area contributed by atoms with E-state index in [1.165, 1.54) is 18.9 Å². The zero-order chi connectivity index (χ0) is 12.6. The summed E-state index contributed by atoms with van der Waals surface area (Å²) in [6.07, 6.45) is 2.61. The molecule has 1 unspecified atom stereocenters. The fourth-order valence-corrected chi connectivity index (χ4v) is 6.98. The van der Waals surface area contributed by atoms with E-state index in [1.807, 2.05) is 0 Å². The summed E-state index contributed by atoms with van der Waals surface area (Å²) in [6, 6.07) is 1.33. The minimum Gasteiger partial charge on any atom is -0.313 e. The second-order valence-electron chi connectivity index (χ2n) is 4.52. The van der Waals surface area contributed by atoms with Crippen LogP contribution in [0.4, 0.5) is 0 Å². The first-order valence-electron chi connectivity index (χ1n) is 6.76. The van der Waals surface area contributed by atoms with Gasteiger partial charge < -0.3 is 14.1 Å². The number of hydrogen-bond acceptors (Lipinski definition) is 3. The van der Waals surface area contributed by atoms with Gasteiger partial charge in [-0.05, 0) is 39.8 Å². The van der Waals surface area contributed by atoms with E-state index < -0.39 is 8.56 Å². The van der Waals surface area contributed by atoms with Crippen LogP contribution in [0.1, 0.15) is 40.5 Å². The second kappa shape index (κ2) is 8.23. The molecule has 0 rings (SSSR count). The molecule has 16 heavy (non-hydrogen) atoms. The minimum absolute atomic E-state index is 1.07. The maximum atomic E-state index is 3.82. The molecule has 0 aromatic rings. The van der Waals surface area contributed by atoms with Gasteiger partial charge in [0.05, 0.1) is 0 Å². The summed E-state index contributed by atoms with van der Waals surface area (Å²) in [5.41, 5.74) is 0. The standard InChI is InChI=1S/C12H31N3Si/c1-7-11-12-16(13-8-2,14(5)6)15(9-3)10-4/h13H,7-12H2,1-6H3. The van der Waals surface area contributed by atoms with Crippen LogP contribution in [-0.2, 0) is 0 Å². The Labute approximate surface area is 103 Å². The molecule has 0 saturated carbocycles. The average Bonchev–Trinajstić information content (AvgIpc) is 2.26. The largest absolute Gasteiger partial charge is 0.313 e. The first-order valence-corrected chi connectivity index (χ1v) is 8.86. The Bertz CT molecular complexity index is 172. The molecule has 1 atom stereocenters. The third-order valence-corrected chi connectivity index (χ3v) is 8.49. The quantitative estimate of drug-likeness (QED) is 0.629. The second-order valence-corrected chi connectivity index (χ2v) is 8.53. The van der Waals surface area contributed by atoms with E-state index in [9.17, 15) is 0 Å². The molecule has 0 aliphatic carbocycles. The molecule has 0 spiro atoms. The first kappa shape index (κ1) is 16.1. The van der Waals surface area contributed by atoms with Crippen LogP contribution in [0.5, 0.6) is 0 Å². The maximum absolute atomic E-state index is 3.82. The van der Waals surface area contributed by atoms with Gasteiger partial charge in [-0.15, -0.1) is 0 Å². The summed E-state index contributed by atoms with van der Waals surface area (Å²) in [4.78, 5) is 3.82. The summed E-state index contributed by atoms with van der Waals surface area (Å²) in [5.74, 6) is 0. The molecule has 0 fully saturated rings. The Hall–Kier alpha value is 0.0969. The van der Waals surface area contributed by atoms with E-state index in [-0.39, 0.29) is 0 Å². The van der Waals surface area contributed by atoms with Crippen molar-refractivity contribution in [2.75, 3.05) is 33.7 Å². The highest BCUT2D eigenvalue weighted by molar-refractivity contribution is 6.71. The third-order valence-electron chi connectivity index (χ3n) is 3.37. The zero-order valence-electron chi connectivity index (χ0n) is 12.1. The molecule has 0 saturated heterocycles. The zero-order valence-corrected chi connectivity index (χ0v) is 13.1. The fourth-order valence-electron chi connectivity index (χ4n) is 2.48. The lowest BCUT2D eigenvalue weighted by Crippen LogP contribution is -2.72. The highest BCUT2D eigenvalue weighted by Gasteiger charge is 2.40. The Morgan fingerprint density at radius 3 is 1.88 bits per heavy atom. The van der Waals surface area contributed by atoms with Crippen molar-refractivity contribution in [3.05, 3.63) is 0 Å². The van der Waals surface area contributed by atoms with Crippen molar-refractivity contribution in [3.8, 4) is 0 Å². The van der Waals surface area contributed by atoms with E-state index >= 15 is 0 Å². The predicted molar refractivity (Wildman–Crippen MR) is 75.8 cm³/mol. The van der Waals surface area contributed by atoms with Crippen LogP contribution in [0, 0.1) is 0 Å². The molecular weight excluding hydrogens is 214 g/mol. The van der Waals surface area contributed by atoms with Gasteiger partial charge >= 0.3 is 0 Å². The number of nitrogens with zero attached hydrogens (tertiary/aromatic N) is 2. The molecule has 0 aromatic carbocycles. The third kappa shape index (κ3) is 3.84. The Kier molecular flexibility index (Phi) is 8.28. The average molecular weight is 245 g/mol. The number of rotatable bonds is 9. The molecule has 0 aliphatic heterocycles. The Morgan fingerprint density at radius 2 is 1.56 bits per heavy atom. The van der Waals surface area contributed by atoms with Crippen molar-refractivity contribution >= 4 is 8.56 Å². The molecule has 0 radical (unpaired) electrons. The first-order chi connectivity index (χ1) is 7.58. The normalized spacial score (nSPS) is 15.8. The number of hydrogen-bond donors (Lipinski definition) is 1. The van der Waals surface area contributed by atoms with Crippen molar-refractivity contribution in [3.63, 3.8) is 0 Å². The molecule has 98 valence electrons. The van der Waals surface area contributed by atoms with E-state index in [1.54, 1.807) is 0 Å². The Balaban J connectivity index is 4.89. The van der Waals surface area contributed by atoms with Gasteiger partial charge in [0, 0.05) is 0 Å². The molecule has 0 heterocycles. The van der Waals surface area contributed by atoms with E-state index in [4.69, 9.17) is 0 Å². The van der Waals surface area contributed by atoms with Crippen LogP contribution in [-0.4, -0.2) is 51.4 Å². The van der Waals surface area contributed by atoms with Gasteiger partial charge in [-0.3, -0.25) is 0 Å². The van der Waals surface area contributed by atoms with Gasteiger partial charge in [-0.2, -0.15) is 0 Å². The number of unbranched alkanes of at least 4 members (excludes halogenated alkanes) is 1. The highest BCUT2D eigenvalue weighted by atomic mass is 28.4. The van der Waals surface area contributed by atoms with E-state index in [2.05, 4.69) is 55.9 Å². The van der Waals surface area contributed by atoms with Crippen molar-refractivity contribution < 1.29 is 0 Å². The summed E-state index contributed by atoms with van der Waals surface area (Å²) in [6.45, 7) is 12.4. The van der Waals surface area contributed by atoms with Gasteiger partial charge in [0.1, 0.15) is 0 Å². The molecule has 4 heteroatoms. The molecule has 0 amide bonds. The van der Waals surface area contributed by atoms with Crippen molar-refractivity contribution in [2.45, 2.75) is 46.6 Å². The summed E-state index contributed by atoms with van der Waals surface area (Å²) >= 11 is 0. The van der Waals surface area contributed by atoms with Crippen LogP contribution in [0.15, 0.2) is 0 Å². The van der Waals surface area contributed by atoms with Crippen LogP contribution >= 0.6 is 0 Å². The summed E-state index contributed by atoms with van der Waals surface area (Å²) in [5, 5.41) is 0. The lowest BCUT2D eigenvalue weighted by molar-refractivity contribution is 0.375. The van der Waals surface area contributed by atoms with Crippen molar-refractivity contribution in [1.82, 2.24) is 14.1 Å². The minimum atomic E-state index is -1.61. The summed E-state index contributed by atoms with van der Waals surface area (Å²) in [7, 11) is 2.87.